The van der Waals surface area contributed by atoms with E-state index in [1.54, 1.807) is 23.5 Å². The van der Waals surface area contributed by atoms with Crippen molar-refractivity contribution in [3.8, 4) is 0 Å². The number of aromatic nitrogens is 1. The van der Waals surface area contributed by atoms with Crippen molar-refractivity contribution in [2.45, 2.75) is 18.3 Å². The van der Waals surface area contributed by atoms with Gasteiger partial charge in [0.25, 0.3) is 0 Å². The molecular formula is C15H20N2OS. The second-order valence-corrected chi connectivity index (χ2v) is 5.55. The molecule has 0 atom stereocenters. The highest BCUT2D eigenvalue weighted by Crippen LogP contribution is 2.36. The summed E-state index contributed by atoms with van der Waals surface area (Å²) in [5.41, 5.74) is 7.94. The molecule has 2 rings (SSSR count). The second kappa shape index (κ2) is 6.28. The van der Waals surface area contributed by atoms with E-state index in [0.29, 0.717) is 6.54 Å². The molecule has 0 aromatic carbocycles. The minimum Gasteiger partial charge on any atom is -0.381 e. The topological polar surface area (TPSA) is 48.1 Å². The van der Waals surface area contributed by atoms with Crippen LogP contribution in [0.4, 0.5) is 0 Å². The van der Waals surface area contributed by atoms with Crippen molar-refractivity contribution in [3.05, 3.63) is 47.5 Å². The molecule has 1 aliphatic rings. The fourth-order valence-electron chi connectivity index (χ4n) is 2.30. The SMILES string of the molecule is C=CC=C(C=C)c1csc(C2(CN)CCOCC2)n1. The maximum absolute atomic E-state index is 6.01. The summed E-state index contributed by atoms with van der Waals surface area (Å²) in [4.78, 5) is 4.76. The third-order valence-electron chi connectivity index (χ3n) is 3.61. The molecular weight excluding hydrogens is 256 g/mol. The van der Waals surface area contributed by atoms with Gasteiger partial charge in [0.2, 0.25) is 0 Å². The van der Waals surface area contributed by atoms with Gasteiger partial charge in [0.1, 0.15) is 5.01 Å². The minimum absolute atomic E-state index is 0.0123. The molecule has 0 radical (unpaired) electrons. The molecule has 0 spiro atoms. The quantitative estimate of drug-likeness (QED) is 0.841. The molecule has 1 saturated heterocycles. The third-order valence-corrected chi connectivity index (χ3v) is 4.70. The van der Waals surface area contributed by atoms with Gasteiger partial charge >= 0.3 is 0 Å². The Morgan fingerprint density at radius 1 is 1.47 bits per heavy atom. The molecule has 1 fully saturated rings. The summed E-state index contributed by atoms with van der Waals surface area (Å²) in [6.07, 6.45) is 7.38. The molecule has 19 heavy (non-hydrogen) atoms. The standard InChI is InChI=1S/C15H20N2OS/c1-3-5-12(4-2)13-10-19-14(17-13)15(11-16)6-8-18-9-7-15/h3-5,10H,1-2,6-9,11,16H2. The third kappa shape index (κ3) is 2.86. The van der Waals surface area contributed by atoms with Gasteiger partial charge < -0.3 is 10.5 Å². The average molecular weight is 276 g/mol. The second-order valence-electron chi connectivity index (χ2n) is 4.70. The van der Waals surface area contributed by atoms with E-state index in [9.17, 15) is 0 Å². The van der Waals surface area contributed by atoms with E-state index >= 15 is 0 Å². The number of hydrogen-bond donors (Lipinski definition) is 1. The Morgan fingerprint density at radius 3 is 2.79 bits per heavy atom. The van der Waals surface area contributed by atoms with Crippen molar-refractivity contribution in [1.82, 2.24) is 4.98 Å². The van der Waals surface area contributed by atoms with E-state index in [1.165, 1.54) is 0 Å². The summed E-state index contributed by atoms with van der Waals surface area (Å²) in [7, 11) is 0. The Bertz CT molecular complexity index is 484. The molecule has 1 aromatic rings. The first-order valence-electron chi connectivity index (χ1n) is 6.45. The summed E-state index contributed by atoms with van der Waals surface area (Å²) in [5, 5.41) is 3.18. The lowest BCUT2D eigenvalue weighted by molar-refractivity contribution is 0.0528. The molecule has 3 nitrogen and oxygen atoms in total. The predicted octanol–water partition coefficient (Wildman–Crippen LogP) is 2.91. The first-order chi connectivity index (χ1) is 9.25. The molecule has 0 aliphatic carbocycles. The summed E-state index contributed by atoms with van der Waals surface area (Å²) >= 11 is 1.68. The van der Waals surface area contributed by atoms with Crippen molar-refractivity contribution in [1.29, 1.82) is 0 Å². The molecule has 1 aromatic heterocycles. The van der Waals surface area contributed by atoms with Crippen molar-refractivity contribution >= 4 is 16.9 Å². The van der Waals surface area contributed by atoms with Gasteiger partial charge in [-0.2, -0.15) is 0 Å². The van der Waals surface area contributed by atoms with E-state index in [1.807, 2.05) is 6.08 Å². The molecule has 2 heterocycles. The monoisotopic (exact) mass is 276 g/mol. The predicted molar refractivity (Wildman–Crippen MR) is 81.3 cm³/mol. The normalized spacial score (nSPS) is 19.1. The summed E-state index contributed by atoms with van der Waals surface area (Å²) in [6.45, 7) is 9.69. The molecule has 0 unspecified atom stereocenters. The van der Waals surface area contributed by atoms with Crippen LogP contribution in [0.3, 0.4) is 0 Å². The van der Waals surface area contributed by atoms with Gasteiger partial charge in [0, 0.05) is 36.1 Å². The number of thiazole rings is 1. The van der Waals surface area contributed by atoms with Gasteiger partial charge in [-0.3, -0.25) is 0 Å². The van der Waals surface area contributed by atoms with Crippen LogP contribution in [0.1, 0.15) is 23.5 Å². The Morgan fingerprint density at radius 2 is 2.21 bits per heavy atom. The fourth-order valence-corrected chi connectivity index (χ4v) is 3.40. The van der Waals surface area contributed by atoms with Crippen molar-refractivity contribution < 1.29 is 4.74 Å². The van der Waals surface area contributed by atoms with E-state index in [4.69, 9.17) is 15.5 Å². The first kappa shape index (κ1) is 14.2. The highest BCUT2D eigenvalue weighted by atomic mass is 32.1. The van der Waals surface area contributed by atoms with Crippen LogP contribution < -0.4 is 5.73 Å². The molecule has 0 saturated carbocycles. The van der Waals surface area contributed by atoms with E-state index in [2.05, 4.69) is 18.5 Å². The maximum Gasteiger partial charge on any atom is 0.101 e. The summed E-state index contributed by atoms with van der Waals surface area (Å²) in [5.74, 6) is 0. The number of rotatable bonds is 5. The zero-order valence-electron chi connectivity index (χ0n) is 11.1. The molecule has 0 bridgehead atoms. The van der Waals surface area contributed by atoms with Crippen LogP contribution in [0.2, 0.25) is 0 Å². The van der Waals surface area contributed by atoms with E-state index in [-0.39, 0.29) is 5.41 Å². The minimum atomic E-state index is -0.0123. The van der Waals surface area contributed by atoms with Crippen LogP contribution in [-0.4, -0.2) is 24.7 Å². The molecule has 4 heteroatoms. The summed E-state index contributed by atoms with van der Waals surface area (Å²) in [6, 6.07) is 0. The first-order valence-corrected chi connectivity index (χ1v) is 7.33. The van der Waals surface area contributed by atoms with E-state index in [0.717, 1.165) is 42.3 Å². The Kier molecular flexibility index (Phi) is 4.69. The van der Waals surface area contributed by atoms with Crippen LogP contribution in [0.5, 0.6) is 0 Å². The van der Waals surface area contributed by atoms with Gasteiger partial charge in [-0.25, -0.2) is 4.98 Å². The van der Waals surface area contributed by atoms with Crippen LogP contribution >= 0.6 is 11.3 Å². The fraction of sp³-hybridized carbons (Fsp3) is 0.400. The molecule has 1 aliphatic heterocycles. The van der Waals surface area contributed by atoms with Gasteiger partial charge in [-0.15, -0.1) is 11.3 Å². The van der Waals surface area contributed by atoms with Gasteiger partial charge in [0.05, 0.1) is 5.69 Å². The van der Waals surface area contributed by atoms with Crippen LogP contribution in [0.25, 0.3) is 5.57 Å². The van der Waals surface area contributed by atoms with Crippen molar-refractivity contribution in [2.75, 3.05) is 19.8 Å². The van der Waals surface area contributed by atoms with Crippen molar-refractivity contribution in [3.63, 3.8) is 0 Å². The lowest BCUT2D eigenvalue weighted by Crippen LogP contribution is -2.40. The molecule has 2 N–H and O–H groups in total. The van der Waals surface area contributed by atoms with Gasteiger partial charge in [-0.1, -0.05) is 31.4 Å². The Balaban J connectivity index is 2.31. The van der Waals surface area contributed by atoms with E-state index < -0.39 is 0 Å². The van der Waals surface area contributed by atoms with Gasteiger partial charge in [-0.05, 0) is 12.8 Å². The van der Waals surface area contributed by atoms with Gasteiger partial charge in [0.15, 0.2) is 0 Å². The Hall–Kier alpha value is -1.23. The number of hydrogen-bond acceptors (Lipinski definition) is 4. The number of nitrogens with two attached hydrogens (primary N) is 1. The smallest absolute Gasteiger partial charge is 0.101 e. The van der Waals surface area contributed by atoms with Crippen molar-refractivity contribution in [2.24, 2.45) is 5.73 Å². The zero-order chi connectivity index (χ0) is 13.7. The lowest BCUT2D eigenvalue weighted by Gasteiger charge is -2.34. The molecule has 102 valence electrons. The number of nitrogens with zero attached hydrogens (tertiary/aromatic N) is 1. The lowest BCUT2D eigenvalue weighted by atomic mass is 9.81. The van der Waals surface area contributed by atoms with Crippen LogP contribution in [0, 0.1) is 0 Å². The zero-order valence-corrected chi connectivity index (χ0v) is 11.9. The molecule has 0 amide bonds. The summed E-state index contributed by atoms with van der Waals surface area (Å²) < 4.78 is 5.44. The maximum atomic E-state index is 6.01. The number of ether oxygens (including phenoxy) is 1. The highest BCUT2D eigenvalue weighted by Gasteiger charge is 2.35. The average Bonchev–Trinajstić information content (AvgIpc) is 2.95. The highest BCUT2D eigenvalue weighted by molar-refractivity contribution is 7.10. The van der Waals surface area contributed by atoms with Crippen LogP contribution in [0.15, 0.2) is 36.8 Å². The number of allylic oxidation sites excluding steroid dienone is 4. The van der Waals surface area contributed by atoms with Crippen LogP contribution in [-0.2, 0) is 10.2 Å². The largest absolute Gasteiger partial charge is 0.381 e. The Labute approximate surface area is 118 Å².